The lowest BCUT2D eigenvalue weighted by molar-refractivity contribution is -0.116. The van der Waals surface area contributed by atoms with Crippen LogP contribution in [0.3, 0.4) is 0 Å². The Balaban J connectivity index is 1.88. The van der Waals surface area contributed by atoms with Crippen LogP contribution in [0.25, 0.3) is 0 Å². The Hall–Kier alpha value is -1.55. The number of rotatable bonds is 6. The van der Waals surface area contributed by atoms with Crippen LogP contribution < -0.4 is 10.2 Å². The van der Waals surface area contributed by atoms with Crippen LogP contribution in [-0.2, 0) is 9.53 Å². The number of benzene rings is 1. The van der Waals surface area contributed by atoms with Gasteiger partial charge in [0, 0.05) is 38.0 Å². The second kappa shape index (κ2) is 7.29. The minimum atomic E-state index is 0.0974. The normalized spacial score (nSPS) is 18.3. The van der Waals surface area contributed by atoms with Crippen LogP contribution in [0.15, 0.2) is 24.3 Å². The Bertz CT molecular complexity index is 431. The summed E-state index contributed by atoms with van der Waals surface area (Å²) in [4.78, 5) is 14.0. The molecule has 1 heterocycles. The molecular weight excluding hydrogens is 252 g/mol. The van der Waals surface area contributed by atoms with E-state index in [0.717, 1.165) is 38.0 Å². The van der Waals surface area contributed by atoms with Crippen molar-refractivity contribution in [2.24, 2.45) is 0 Å². The zero-order valence-electron chi connectivity index (χ0n) is 12.4. The van der Waals surface area contributed by atoms with Crippen molar-refractivity contribution < 1.29 is 9.53 Å². The van der Waals surface area contributed by atoms with Crippen molar-refractivity contribution in [2.75, 3.05) is 30.4 Å². The third kappa shape index (κ3) is 3.97. The Morgan fingerprint density at radius 3 is 2.75 bits per heavy atom. The standard InChI is InChI=1S/C16H24N2O2/c1-3-4-5-16(19)17-13-6-8-14(9-7-13)18-11-10-15(12-18)20-2/h6-9,15H,3-5,10-12H2,1-2H3,(H,17,19)/t15-/m1/s1. The van der Waals surface area contributed by atoms with E-state index in [1.807, 2.05) is 12.1 Å². The highest BCUT2D eigenvalue weighted by Gasteiger charge is 2.21. The number of carbonyl (C=O) groups is 1. The first-order valence-electron chi connectivity index (χ1n) is 7.40. The molecule has 1 aromatic rings. The molecule has 1 aliphatic rings. The summed E-state index contributed by atoms with van der Waals surface area (Å²) < 4.78 is 5.38. The highest BCUT2D eigenvalue weighted by Crippen LogP contribution is 2.23. The average molecular weight is 276 g/mol. The smallest absolute Gasteiger partial charge is 0.224 e. The quantitative estimate of drug-likeness (QED) is 0.868. The molecule has 1 amide bonds. The molecule has 1 aliphatic heterocycles. The lowest BCUT2D eigenvalue weighted by Gasteiger charge is -2.18. The largest absolute Gasteiger partial charge is 0.380 e. The van der Waals surface area contributed by atoms with E-state index < -0.39 is 0 Å². The van der Waals surface area contributed by atoms with Crippen molar-refractivity contribution in [1.29, 1.82) is 0 Å². The van der Waals surface area contributed by atoms with Crippen molar-refractivity contribution in [3.05, 3.63) is 24.3 Å². The van der Waals surface area contributed by atoms with E-state index in [1.165, 1.54) is 5.69 Å². The fraction of sp³-hybridized carbons (Fsp3) is 0.562. The van der Waals surface area contributed by atoms with Crippen LogP contribution in [0.5, 0.6) is 0 Å². The number of ether oxygens (including phenoxy) is 1. The fourth-order valence-corrected chi connectivity index (χ4v) is 2.47. The van der Waals surface area contributed by atoms with Gasteiger partial charge < -0.3 is 15.0 Å². The minimum Gasteiger partial charge on any atom is -0.380 e. The SMILES string of the molecule is CCCCC(=O)Nc1ccc(N2CC[C@@H](OC)C2)cc1. The van der Waals surface area contributed by atoms with Crippen LogP contribution in [0, 0.1) is 0 Å². The number of methoxy groups -OCH3 is 1. The maximum Gasteiger partial charge on any atom is 0.224 e. The van der Waals surface area contributed by atoms with E-state index in [0.29, 0.717) is 12.5 Å². The number of hydrogen-bond acceptors (Lipinski definition) is 3. The molecule has 110 valence electrons. The molecule has 1 saturated heterocycles. The molecule has 0 aliphatic carbocycles. The van der Waals surface area contributed by atoms with Crippen molar-refractivity contribution in [3.63, 3.8) is 0 Å². The van der Waals surface area contributed by atoms with E-state index >= 15 is 0 Å². The molecule has 0 unspecified atom stereocenters. The minimum absolute atomic E-state index is 0.0974. The summed E-state index contributed by atoms with van der Waals surface area (Å²) >= 11 is 0. The molecule has 1 aromatic carbocycles. The first kappa shape index (κ1) is 14.9. The molecule has 0 radical (unpaired) electrons. The van der Waals surface area contributed by atoms with E-state index in [4.69, 9.17) is 4.74 Å². The second-order valence-electron chi connectivity index (χ2n) is 5.29. The third-order valence-electron chi connectivity index (χ3n) is 3.75. The van der Waals surface area contributed by atoms with Gasteiger partial charge >= 0.3 is 0 Å². The summed E-state index contributed by atoms with van der Waals surface area (Å²) in [6, 6.07) is 8.07. The van der Waals surface area contributed by atoms with Gasteiger partial charge in [0.2, 0.25) is 5.91 Å². The van der Waals surface area contributed by atoms with Crippen molar-refractivity contribution in [3.8, 4) is 0 Å². The summed E-state index contributed by atoms with van der Waals surface area (Å²) in [7, 11) is 1.77. The van der Waals surface area contributed by atoms with Crippen LogP contribution in [0.4, 0.5) is 11.4 Å². The van der Waals surface area contributed by atoms with Crippen molar-refractivity contribution >= 4 is 17.3 Å². The number of amides is 1. The molecule has 1 atom stereocenters. The first-order chi connectivity index (χ1) is 9.72. The molecular formula is C16H24N2O2. The molecule has 4 heteroatoms. The van der Waals surface area contributed by atoms with Gasteiger partial charge in [-0.15, -0.1) is 0 Å². The van der Waals surface area contributed by atoms with Gasteiger partial charge in [0.05, 0.1) is 6.10 Å². The lowest BCUT2D eigenvalue weighted by Crippen LogP contribution is -2.22. The van der Waals surface area contributed by atoms with E-state index in [-0.39, 0.29) is 5.91 Å². The zero-order chi connectivity index (χ0) is 14.4. The number of nitrogens with one attached hydrogen (secondary N) is 1. The van der Waals surface area contributed by atoms with Crippen LogP contribution in [0.1, 0.15) is 32.6 Å². The Kier molecular flexibility index (Phi) is 5.41. The molecule has 1 fully saturated rings. The Labute approximate surface area is 121 Å². The molecule has 2 rings (SSSR count). The molecule has 4 nitrogen and oxygen atoms in total. The Morgan fingerprint density at radius 2 is 2.15 bits per heavy atom. The van der Waals surface area contributed by atoms with Crippen LogP contribution in [0.2, 0.25) is 0 Å². The third-order valence-corrected chi connectivity index (χ3v) is 3.75. The summed E-state index contributed by atoms with van der Waals surface area (Å²) in [6.45, 7) is 4.06. The number of anilines is 2. The van der Waals surface area contributed by atoms with Gasteiger partial charge in [-0.05, 0) is 37.1 Å². The molecule has 0 spiro atoms. The highest BCUT2D eigenvalue weighted by molar-refractivity contribution is 5.90. The molecule has 0 saturated carbocycles. The number of nitrogens with zero attached hydrogens (tertiary/aromatic N) is 1. The monoisotopic (exact) mass is 276 g/mol. The van der Waals surface area contributed by atoms with Gasteiger partial charge in [0.15, 0.2) is 0 Å². The summed E-state index contributed by atoms with van der Waals surface area (Å²) in [5, 5.41) is 2.93. The maximum absolute atomic E-state index is 11.7. The van der Waals surface area contributed by atoms with Gasteiger partial charge in [0.25, 0.3) is 0 Å². The Morgan fingerprint density at radius 1 is 1.40 bits per heavy atom. The van der Waals surface area contributed by atoms with E-state index in [1.54, 1.807) is 7.11 Å². The number of hydrogen-bond donors (Lipinski definition) is 1. The molecule has 0 bridgehead atoms. The van der Waals surface area contributed by atoms with E-state index in [2.05, 4.69) is 29.3 Å². The van der Waals surface area contributed by atoms with Gasteiger partial charge in [-0.3, -0.25) is 4.79 Å². The van der Waals surface area contributed by atoms with Gasteiger partial charge in [0.1, 0.15) is 0 Å². The zero-order valence-corrected chi connectivity index (χ0v) is 12.4. The molecule has 20 heavy (non-hydrogen) atoms. The van der Waals surface area contributed by atoms with Gasteiger partial charge in [-0.1, -0.05) is 13.3 Å². The summed E-state index contributed by atoms with van der Waals surface area (Å²) in [5.74, 6) is 0.0974. The number of unbranched alkanes of at least 4 members (excludes halogenated alkanes) is 1. The van der Waals surface area contributed by atoms with Crippen molar-refractivity contribution in [1.82, 2.24) is 0 Å². The topological polar surface area (TPSA) is 41.6 Å². The van der Waals surface area contributed by atoms with Crippen molar-refractivity contribution in [2.45, 2.75) is 38.7 Å². The van der Waals surface area contributed by atoms with Crippen LogP contribution in [-0.4, -0.2) is 32.2 Å². The van der Waals surface area contributed by atoms with E-state index in [9.17, 15) is 4.79 Å². The fourth-order valence-electron chi connectivity index (χ4n) is 2.47. The number of carbonyl (C=O) groups excluding carboxylic acids is 1. The molecule has 0 aromatic heterocycles. The maximum atomic E-state index is 11.7. The second-order valence-corrected chi connectivity index (χ2v) is 5.29. The van der Waals surface area contributed by atoms with Gasteiger partial charge in [-0.2, -0.15) is 0 Å². The van der Waals surface area contributed by atoms with Crippen LogP contribution >= 0.6 is 0 Å². The first-order valence-corrected chi connectivity index (χ1v) is 7.40. The predicted molar refractivity (Wildman–Crippen MR) is 82.2 cm³/mol. The molecule has 1 N–H and O–H groups in total. The highest BCUT2D eigenvalue weighted by atomic mass is 16.5. The van der Waals surface area contributed by atoms with Gasteiger partial charge in [-0.25, -0.2) is 0 Å². The summed E-state index contributed by atoms with van der Waals surface area (Å²) in [5.41, 5.74) is 2.06. The summed E-state index contributed by atoms with van der Waals surface area (Å²) in [6.07, 6.45) is 3.99. The average Bonchev–Trinajstić information content (AvgIpc) is 2.95. The predicted octanol–water partition coefficient (Wildman–Crippen LogP) is 3.04. The lowest BCUT2D eigenvalue weighted by atomic mass is 10.2.